The van der Waals surface area contributed by atoms with Crippen LogP contribution in [-0.4, -0.2) is 12.0 Å². The van der Waals surface area contributed by atoms with Gasteiger partial charge in [0.1, 0.15) is 0 Å². The van der Waals surface area contributed by atoms with Crippen LogP contribution < -0.4 is 0 Å². The van der Waals surface area contributed by atoms with E-state index in [0.717, 1.165) is 12.8 Å². The van der Waals surface area contributed by atoms with Gasteiger partial charge in [0.25, 0.3) is 0 Å². The van der Waals surface area contributed by atoms with Crippen molar-refractivity contribution < 1.29 is 9.53 Å². The van der Waals surface area contributed by atoms with Gasteiger partial charge >= 0.3 is 5.43 Å². The number of carbonyl (C=O) groups is 1. The molecule has 0 aromatic heterocycles. The Bertz CT molecular complexity index is 126. The van der Waals surface area contributed by atoms with Gasteiger partial charge < -0.3 is 4.74 Å². The van der Waals surface area contributed by atoms with E-state index in [1.54, 1.807) is 0 Å². The summed E-state index contributed by atoms with van der Waals surface area (Å²) in [5.41, 5.74) is -0.690. The zero-order valence-corrected chi connectivity index (χ0v) is 10.6. The van der Waals surface area contributed by atoms with Crippen molar-refractivity contribution in [2.24, 2.45) is 5.92 Å². The topological polar surface area (TPSA) is 26.3 Å². The number of unbranched alkanes of at least 4 members (excludes halogenated alkanes) is 1. The van der Waals surface area contributed by atoms with E-state index in [0.29, 0.717) is 12.5 Å². The molecule has 86 valence electrons. The molecule has 0 spiro atoms. The third kappa shape index (κ3) is 11.8. The van der Waals surface area contributed by atoms with E-state index in [1.165, 1.54) is 12.8 Å². The zero-order chi connectivity index (χ0) is 11.4. The molecule has 3 heteroatoms. The average molecular weight is 223 g/mol. The molecule has 0 radical (unpaired) electrons. The van der Waals surface area contributed by atoms with Crippen LogP contribution in [0.25, 0.3) is 0 Å². The molecule has 14 heavy (non-hydrogen) atoms. The van der Waals surface area contributed by atoms with Crippen molar-refractivity contribution in [3.05, 3.63) is 0 Å². The first kappa shape index (κ1) is 16.2. The summed E-state index contributed by atoms with van der Waals surface area (Å²) >= 11 is 5.05. The molecule has 0 aromatic rings. The van der Waals surface area contributed by atoms with Crippen molar-refractivity contribution in [1.29, 1.82) is 0 Å². The lowest BCUT2D eigenvalue weighted by Crippen LogP contribution is -2.09. The van der Waals surface area contributed by atoms with Crippen molar-refractivity contribution in [3.63, 3.8) is 0 Å². The van der Waals surface area contributed by atoms with E-state index in [4.69, 9.17) is 16.3 Å². The number of hydrogen-bond donors (Lipinski definition) is 0. The SMILES string of the molecule is CC.CCCCC(CC)COC(=O)Cl. The van der Waals surface area contributed by atoms with E-state index in [9.17, 15) is 4.79 Å². The van der Waals surface area contributed by atoms with E-state index in [1.807, 2.05) is 13.8 Å². The summed E-state index contributed by atoms with van der Waals surface area (Å²) in [6, 6.07) is 0. The number of carbonyl (C=O) groups excluding carboxylic acids is 1. The highest BCUT2D eigenvalue weighted by Crippen LogP contribution is 2.13. The quantitative estimate of drug-likeness (QED) is 0.614. The second-order valence-corrected chi connectivity index (χ2v) is 3.27. The molecule has 1 atom stereocenters. The van der Waals surface area contributed by atoms with Gasteiger partial charge in [0.2, 0.25) is 0 Å². The fourth-order valence-electron chi connectivity index (χ4n) is 1.08. The largest absolute Gasteiger partial charge is 0.453 e. The molecule has 0 heterocycles. The minimum atomic E-state index is -0.690. The highest BCUT2D eigenvalue weighted by molar-refractivity contribution is 6.61. The Balaban J connectivity index is 0. The van der Waals surface area contributed by atoms with Gasteiger partial charge in [-0.05, 0) is 12.3 Å². The Kier molecular flexibility index (Phi) is 14.8. The summed E-state index contributed by atoms with van der Waals surface area (Å²) in [5, 5.41) is 0. The third-order valence-corrected chi connectivity index (χ3v) is 2.08. The van der Waals surface area contributed by atoms with E-state index in [-0.39, 0.29) is 0 Å². The summed E-state index contributed by atoms with van der Waals surface area (Å²) < 4.78 is 4.72. The van der Waals surface area contributed by atoms with Crippen LogP contribution in [0.2, 0.25) is 0 Å². The predicted octanol–water partition coefficient (Wildman–Crippen LogP) is 4.60. The van der Waals surface area contributed by atoms with Gasteiger partial charge in [-0.2, -0.15) is 0 Å². The van der Waals surface area contributed by atoms with Crippen molar-refractivity contribution >= 4 is 17.0 Å². The Morgan fingerprint density at radius 2 is 1.93 bits per heavy atom. The van der Waals surface area contributed by atoms with Gasteiger partial charge in [0, 0.05) is 11.6 Å². The van der Waals surface area contributed by atoms with Crippen molar-refractivity contribution in [2.45, 2.75) is 53.4 Å². The van der Waals surface area contributed by atoms with Crippen molar-refractivity contribution in [2.75, 3.05) is 6.61 Å². The molecule has 1 unspecified atom stereocenters. The van der Waals surface area contributed by atoms with Crippen LogP contribution in [0.3, 0.4) is 0 Å². The van der Waals surface area contributed by atoms with Crippen LogP contribution in [0.15, 0.2) is 0 Å². The standard InChI is InChI=1S/C9H17ClO2.C2H6/c1-3-5-6-8(4-2)7-12-9(10)11;1-2/h8H,3-7H2,1-2H3;1-2H3. The van der Waals surface area contributed by atoms with Gasteiger partial charge in [-0.3, -0.25) is 0 Å². The normalized spacial score (nSPS) is 11.2. The molecule has 0 saturated heterocycles. The van der Waals surface area contributed by atoms with E-state index in [2.05, 4.69) is 13.8 Å². The highest BCUT2D eigenvalue weighted by atomic mass is 35.5. The van der Waals surface area contributed by atoms with Crippen LogP contribution >= 0.6 is 11.6 Å². The molecule has 0 aromatic carbocycles. The molecular weight excluding hydrogens is 200 g/mol. The highest BCUT2D eigenvalue weighted by Gasteiger charge is 2.07. The van der Waals surface area contributed by atoms with Gasteiger partial charge in [-0.25, -0.2) is 4.79 Å². The first-order valence-corrected chi connectivity index (χ1v) is 5.90. The molecule has 0 saturated carbocycles. The second kappa shape index (κ2) is 12.8. The lowest BCUT2D eigenvalue weighted by molar-refractivity contribution is 0.146. The molecule has 2 nitrogen and oxygen atoms in total. The maximum Gasteiger partial charge on any atom is 0.403 e. The Morgan fingerprint density at radius 1 is 1.36 bits per heavy atom. The van der Waals surface area contributed by atoms with E-state index < -0.39 is 5.43 Å². The lowest BCUT2D eigenvalue weighted by atomic mass is 10.0. The fraction of sp³-hybridized carbons (Fsp3) is 0.909. The minimum absolute atomic E-state index is 0.471. The summed E-state index contributed by atoms with van der Waals surface area (Å²) in [5.74, 6) is 0.479. The first-order chi connectivity index (χ1) is 6.70. The number of ether oxygens (including phenoxy) is 1. The maximum atomic E-state index is 10.3. The van der Waals surface area contributed by atoms with Gasteiger partial charge in [-0.1, -0.05) is 47.0 Å². The molecule has 0 N–H and O–H groups in total. The smallest absolute Gasteiger partial charge is 0.403 e. The molecule has 0 aliphatic heterocycles. The number of rotatable bonds is 6. The summed E-state index contributed by atoms with van der Waals surface area (Å²) in [6.07, 6.45) is 4.55. The zero-order valence-electron chi connectivity index (χ0n) is 9.81. The Hall–Kier alpha value is -0.240. The van der Waals surface area contributed by atoms with Crippen LogP contribution in [-0.2, 0) is 4.74 Å². The number of hydrogen-bond acceptors (Lipinski definition) is 2. The molecule has 0 rings (SSSR count). The molecular formula is C11H23ClO2. The summed E-state index contributed by atoms with van der Waals surface area (Å²) in [4.78, 5) is 10.3. The predicted molar refractivity (Wildman–Crippen MR) is 61.9 cm³/mol. The van der Waals surface area contributed by atoms with Gasteiger partial charge in [-0.15, -0.1) is 0 Å². The number of halogens is 1. The molecule has 0 fully saturated rings. The monoisotopic (exact) mass is 222 g/mol. The first-order valence-electron chi connectivity index (χ1n) is 5.52. The van der Waals surface area contributed by atoms with Crippen LogP contribution in [0.5, 0.6) is 0 Å². The molecule has 0 amide bonds. The second-order valence-electron chi connectivity index (χ2n) is 2.97. The van der Waals surface area contributed by atoms with Crippen LogP contribution in [0.4, 0.5) is 4.79 Å². The van der Waals surface area contributed by atoms with Gasteiger partial charge in [0.05, 0.1) is 6.61 Å². The maximum absolute atomic E-state index is 10.3. The lowest BCUT2D eigenvalue weighted by Gasteiger charge is -2.12. The van der Waals surface area contributed by atoms with E-state index >= 15 is 0 Å². The third-order valence-electron chi connectivity index (χ3n) is 1.98. The van der Waals surface area contributed by atoms with Crippen molar-refractivity contribution in [3.8, 4) is 0 Å². The van der Waals surface area contributed by atoms with Crippen molar-refractivity contribution in [1.82, 2.24) is 0 Å². The van der Waals surface area contributed by atoms with Gasteiger partial charge in [0.15, 0.2) is 0 Å². The Morgan fingerprint density at radius 3 is 2.29 bits per heavy atom. The van der Waals surface area contributed by atoms with Crippen LogP contribution in [0.1, 0.15) is 53.4 Å². The molecule has 0 bridgehead atoms. The summed E-state index contributed by atoms with van der Waals surface area (Å²) in [6.45, 7) is 8.72. The minimum Gasteiger partial charge on any atom is -0.453 e. The van der Waals surface area contributed by atoms with Crippen LogP contribution in [0, 0.1) is 5.92 Å². The Labute approximate surface area is 93.0 Å². The summed E-state index contributed by atoms with van der Waals surface area (Å²) in [7, 11) is 0. The fourth-order valence-corrected chi connectivity index (χ4v) is 1.14. The molecule has 0 aliphatic rings. The average Bonchev–Trinajstić information content (AvgIpc) is 2.21. The molecule has 0 aliphatic carbocycles.